The van der Waals surface area contributed by atoms with Gasteiger partial charge in [-0.25, -0.2) is 4.39 Å². The molecular formula is C16H18FN3O2. The van der Waals surface area contributed by atoms with Gasteiger partial charge in [-0.2, -0.15) is 0 Å². The lowest BCUT2D eigenvalue weighted by Gasteiger charge is -2.23. The maximum atomic E-state index is 14.3. The Hall–Kier alpha value is -2.21. The van der Waals surface area contributed by atoms with E-state index in [9.17, 15) is 14.0 Å². The summed E-state index contributed by atoms with van der Waals surface area (Å²) in [5.41, 5.74) is 2.28. The van der Waals surface area contributed by atoms with E-state index in [-0.39, 0.29) is 23.8 Å². The first-order chi connectivity index (χ1) is 10.6. The topological polar surface area (TPSA) is 70.2 Å². The van der Waals surface area contributed by atoms with E-state index >= 15 is 0 Å². The van der Waals surface area contributed by atoms with E-state index in [0.29, 0.717) is 6.42 Å². The number of carbonyl (C=O) groups excluding carboxylic acids is 2. The average Bonchev–Trinajstić information content (AvgIpc) is 2.52. The molecule has 2 aliphatic heterocycles. The van der Waals surface area contributed by atoms with Crippen molar-refractivity contribution < 1.29 is 14.0 Å². The molecule has 2 aliphatic rings. The highest BCUT2D eigenvalue weighted by Crippen LogP contribution is 2.25. The molecule has 2 heterocycles. The van der Waals surface area contributed by atoms with Gasteiger partial charge in [0.25, 0.3) is 0 Å². The molecule has 3 rings (SSSR count). The second-order valence-corrected chi connectivity index (χ2v) is 5.53. The third kappa shape index (κ3) is 3.17. The highest BCUT2D eigenvalue weighted by atomic mass is 19.1. The molecular weight excluding hydrogens is 285 g/mol. The Morgan fingerprint density at radius 3 is 2.77 bits per heavy atom. The van der Waals surface area contributed by atoms with E-state index in [1.165, 1.54) is 6.07 Å². The lowest BCUT2D eigenvalue weighted by atomic mass is 9.99. The number of piperidine rings is 1. The number of imide groups is 1. The highest BCUT2D eigenvalue weighted by Gasteiger charge is 2.27. The number of hydrogen-bond acceptors (Lipinski definition) is 4. The van der Waals surface area contributed by atoms with E-state index in [1.807, 2.05) is 6.07 Å². The van der Waals surface area contributed by atoms with E-state index in [1.54, 1.807) is 6.07 Å². The lowest BCUT2D eigenvalue weighted by molar-refractivity contribution is -0.133. The third-order valence-corrected chi connectivity index (χ3v) is 3.97. The second kappa shape index (κ2) is 6.27. The normalized spacial score (nSPS) is 22.0. The number of halogens is 1. The Bertz CT molecular complexity index is 642. The number of hydrogen-bond donors (Lipinski definition) is 3. The van der Waals surface area contributed by atoms with Crippen LogP contribution in [0.2, 0.25) is 0 Å². The molecule has 22 heavy (non-hydrogen) atoms. The molecule has 5 nitrogen and oxygen atoms in total. The first-order valence-electron chi connectivity index (χ1n) is 7.43. The van der Waals surface area contributed by atoms with E-state index in [0.717, 1.165) is 30.6 Å². The summed E-state index contributed by atoms with van der Waals surface area (Å²) in [5.74, 6) is -1.07. The highest BCUT2D eigenvalue weighted by molar-refractivity contribution is 6.01. The fourth-order valence-electron chi connectivity index (χ4n) is 2.74. The summed E-state index contributed by atoms with van der Waals surface area (Å²) in [7, 11) is 0. The first-order valence-corrected chi connectivity index (χ1v) is 7.43. The number of amides is 2. The van der Waals surface area contributed by atoms with Crippen LogP contribution >= 0.6 is 0 Å². The molecule has 1 aromatic rings. The summed E-state index contributed by atoms with van der Waals surface area (Å²) >= 11 is 0. The molecule has 116 valence electrons. The van der Waals surface area contributed by atoms with Gasteiger partial charge in [0.15, 0.2) is 0 Å². The Balaban J connectivity index is 1.73. The molecule has 0 bridgehead atoms. The van der Waals surface area contributed by atoms with Crippen LogP contribution in [0.25, 0.3) is 5.57 Å². The van der Waals surface area contributed by atoms with Crippen LogP contribution in [0.4, 0.5) is 10.1 Å². The van der Waals surface area contributed by atoms with E-state index in [2.05, 4.69) is 22.0 Å². The molecule has 0 aliphatic carbocycles. The SMILES string of the molecule is O=C1CCC(Nc2ccc(C3=CCNCC3)cc2F)C(=O)N1. The van der Waals surface area contributed by atoms with Crippen molar-refractivity contribution >= 4 is 23.1 Å². The minimum absolute atomic E-state index is 0.267. The summed E-state index contributed by atoms with van der Waals surface area (Å²) in [5, 5.41) is 8.35. The van der Waals surface area contributed by atoms with Gasteiger partial charge in [-0.05, 0) is 42.7 Å². The van der Waals surface area contributed by atoms with Crippen molar-refractivity contribution in [3.63, 3.8) is 0 Å². The van der Waals surface area contributed by atoms with Gasteiger partial charge in [-0.3, -0.25) is 14.9 Å². The maximum absolute atomic E-state index is 14.3. The fourth-order valence-corrected chi connectivity index (χ4v) is 2.74. The van der Waals surface area contributed by atoms with Crippen LogP contribution in [-0.4, -0.2) is 30.9 Å². The smallest absolute Gasteiger partial charge is 0.249 e. The molecule has 0 radical (unpaired) electrons. The Morgan fingerprint density at radius 2 is 2.09 bits per heavy atom. The number of nitrogens with one attached hydrogen (secondary N) is 3. The van der Waals surface area contributed by atoms with Crippen molar-refractivity contribution in [2.75, 3.05) is 18.4 Å². The third-order valence-electron chi connectivity index (χ3n) is 3.97. The molecule has 1 aromatic carbocycles. The number of carbonyl (C=O) groups is 2. The van der Waals surface area contributed by atoms with E-state index < -0.39 is 11.9 Å². The molecule has 2 amide bonds. The van der Waals surface area contributed by atoms with Gasteiger partial charge < -0.3 is 10.6 Å². The zero-order valence-corrected chi connectivity index (χ0v) is 12.1. The van der Waals surface area contributed by atoms with Gasteiger partial charge in [0.1, 0.15) is 11.9 Å². The second-order valence-electron chi connectivity index (χ2n) is 5.53. The largest absolute Gasteiger partial charge is 0.371 e. The summed E-state index contributed by atoms with van der Waals surface area (Å²) in [6.45, 7) is 1.69. The summed E-state index contributed by atoms with van der Waals surface area (Å²) in [6, 6.07) is 4.42. The van der Waals surface area contributed by atoms with E-state index in [4.69, 9.17) is 0 Å². The van der Waals surface area contributed by atoms with Crippen molar-refractivity contribution in [2.24, 2.45) is 0 Å². The van der Waals surface area contributed by atoms with Gasteiger partial charge in [0.05, 0.1) is 5.69 Å². The van der Waals surface area contributed by atoms with Crippen LogP contribution in [0.3, 0.4) is 0 Å². The van der Waals surface area contributed by atoms with Crippen LogP contribution in [0.1, 0.15) is 24.8 Å². The van der Waals surface area contributed by atoms with Crippen molar-refractivity contribution in [3.8, 4) is 0 Å². The summed E-state index contributed by atoms with van der Waals surface area (Å²) in [4.78, 5) is 22.8. The van der Waals surface area contributed by atoms with Crippen LogP contribution in [-0.2, 0) is 9.59 Å². The molecule has 0 saturated carbocycles. The average molecular weight is 303 g/mol. The molecule has 1 saturated heterocycles. The zero-order chi connectivity index (χ0) is 15.5. The van der Waals surface area contributed by atoms with Crippen LogP contribution in [0.5, 0.6) is 0 Å². The monoisotopic (exact) mass is 303 g/mol. The predicted molar refractivity (Wildman–Crippen MR) is 81.7 cm³/mol. The molecule has 1 fully saturated rings. The fraction of sp³-hybridized carbons (Fsp3) is 0.375. The maximum Gasteiger partial charge on any atom is 0.249 e. The van der Waals surface area contributed by atoms with Crippen molar-refractivity contribution in [2.45, 2.75) is 25.3 Å². The summed E-state index contributed by atoms with van der Waals surface area (Å²) < 4.78 is 14.3. The van der Waals surface area contributed by atoms with Gasteiger partial charge in [0.2, 0.25) is 11.8 Å². The summed E-state index contributed by atoms with van der Waals surface area (Å²) in [6.07, 6.45) is 3.58. The van der Waals surface area contributed by atoms with Crippen LogP contribution < -0.4 is 16.0 Å². The van der Waals surface area contributed by atoms with Gasteiger partial charge in [-0.15, -0.1) is 0 Å². The van der Waals surface area contributed by atoms with Crippen molar-refractivity contribution in [3.05, 3.63) is 35.7 Å². The molecule has 0 spiro atoms. The number of rotatable bonds is 3. The molecule has 1 unspecified atom stereocenters. The standard InChI is InChI=1S/C16H18FN3O2/c17-12-9-11(10-5-7-18-8-6-10)1-2-13(12)19-14-3-4-15(21)20-16(14)22/h1-2,5,9,14,18-19H,3-4,6-8H2,(H,20,21,22). The van der Waals surface area contributed by atoms with Crippen molar-refractivity contribution in [1.29, 1.82) is 0 Å². The zero-order valence-electron chi connectivity index (χ0n) is 12.1. The van der Waals surface area contributed by atoms with Crippen LogP contribution in [0, 0.1) is 5.82 Å². The van der Waals surface area contributed by atoms with Gasteiger partial charge in [-0.1, -0.05) is 12.1 Å². The minimum atomic E-state index is -0.573. The van der Waals surface area contributed by atoms with Crippen LogP contribution in [0.15, 0.2) is 24.3 Å². The number of anilines is 1. The molecule has 3 N–H and O–H groups in total. The minimum Gasteiger partial charge on any atom is -0.371 e. The van der Waals surface area contributed by atoms with Crippen molar-refractivity contribution in [1.82, 2.24) is 10.6 Å². The van der Waals surface area contributed by atoms with Gasteiger partial charge in [0, 0.05) is 13.0 Å². The number of benzene rings is 1. The first kappa shape index (κ1) is 14.7. The van der Waals surface area contributed by atoms with Gasteiger partial charge >= 0.3 is 0 Å². The lowest BCUT2D eigenvalue weighted by Crippen LogP contribution is -2.47. The quantitative estimate of drug-likeness (QED) is 0.739. The Morgan fingerprint density at radius 1 is 1.23 bits per heavy atom. The molecule has 6 heteroatoms. The Kier molecular flexibility index (Phi) is 4.20. The predicted octanol–water partition coefficient (Wildman–Crippen LogP) is 1.42. The molecule has 1 atom stereocenters. The Labute approximate surface area is 128 Å². The molecule has 0 aromatic heterocycles.